The van der Waals surface area contributed by atoms with Gasteiger partial charge < -0.3 is 25.5 Å². The van der Waals surface area contributed by atoms with E-state index in [1.807, 2.05) is 37.3 Å². The molecule has 4 aromatic rings. The Morgan fingerprint density at radius 3 is 2.82 bits per heavy atom. The molecule has 0 saturated heterocycles. The van der Waals surface area contributed by atoms with Crippen LogP contribution in [0.15, 0.2) is 42.5 Å². The van der Waals surface area contributed by atoms with Crippen molar-refractivity contribution < 1.29 is 19.1 Å². The molecule has 2 amide bonds. The average Bonchev–Trinajstić information content (AvgIpc) is 3.38. The lowest BCUT2D eigenvalue weighted by molar-refractivity contribution is -0.120. The first-order valence-electron chi connectivity index (χ1n) is 10.4. The number of primary amides is 1. The molecule has 1 aliphatic rings. The SMILES string of the molecule is COc1cc([C@@H]2CC(=O)Nc3c2c(C)nn3-c2nc3ccccc3[nH]2)ccc1OCC(N)=O. The lowest BCUT2D eigenvalue weighted by Gasteiger charge is -2.24. The minimum Gasteiger partial charge on any atom is -0.493 e. The van der Waals surface area contributed by atoms with Crippen LogP contribution in [0.3, 0.4) is 0 Å². The van der Waals surface area contributed by atoms with Crippen LogP contribution >= 0.6 is 0 Å². The van der Waals surface area contributed by atoms with Crippen molar-refractivity contribution in [1.82, 2.24) is 19.7 Å². The molecule has 168 valence electrons. The van der Waals surface area contributed by atoms with Crippen molar-refractivity contribution >= 4 is 28.7 Å². The van der Waals surface area contributed by atoms with Gasteiger partial charge in [-0.05, 0) is 36.8 Å². The van der Waals surface area contributed by atoms with Gasteiger partial charge in [-0.1, -0.05) is 18.2 Å². The fourth-order valence-corrected chi connectivity index (χ4v) is 4.19. The van der Waals surface area contributed by atoms with Gasteiger partial charge in [-0.15, -0.1) is 0 Å². The Morgan fingerprint density at radius 1 is 1.24 bits per heavy atom. The number of hydrogen-bond donors (Lipinski definition) is 3. The van der Waals surface area contributed by atoms with Crippen LogP contribution in [0, 0.1) is 6.92 Å². The number of nitrogens with one attached hydrogen (secondary N) is 2. The molecule has 2 aromatic carbocycles. The zero-order chi connectivity index (χ0) is 23.1. The topological polar surface area (TPSA) is 137 Å². The standard InChI is InChI=1S/C23H22N6O4/c1-12-21-14(13-7-8-17(18(9-13)32-2)33-11-19(24)30)10-20(31)27-22(21)29(28-12)23-25-15-5-3-4-6-16(15)26-23/h3-9,14H,10-11H2,1-2H3,(H2,24,30)(H,25,26)(H,27,31)/t14-/m0/s1. The van der Waals surface area contributed by atoms with Crippen LogP contribution in [0.4, 0.5) is 5.82 Å². The van der Waals surface area contributed by atoms with Gasteiger partial charge in [0, 0.05) is 17.9 Å². The number of para-hydroxylation sites is 2. The highest BCUT2D eigenvalue weighted by Crippen LogP contribution is 2.42. The lowest BCUT2D eigenvalue weighted by Crippen LogP contribution is -2.25. The number of amides is 2. The molecule has 0 aliphatic carbocycles. The Hall–Kier alpha value is -4.34. The molecule has 1 atom stereocenters. The van der Waals surface area contributed by atoms with E-state index >= 15 is 0 Å². The van der Waals surface area contributed by atoms with Gasteiger partial charge in [-0.25, -0.2) is 4.98 Å². The molecule has 0 unspecified atom stereocenters. The molecule has 33 heavy (non-hydrogen) atoms. The Labute approximate surface area is 188 Å². The summed E-state index contributed by atoms with van der Waals surface area (Å²) in [5.74, 6) is 1.00. The molecule has 0 bridgehead atoms. The van der Waals surface area contributed by atoms with Crippen molar-refractivity contribution in [2.75, 3.05) is 19.0 Å². The molecule has 5 rings (SSSR count). The van der Waals surface area contributed by atoms with E-state index in [1.165, 1.54) is 7.11 Å². The van der Waals surface area contributed by atoms with Crippen molar-refractivity contribution in [1.29, 1.82) is 0 Å². The van der Waals surface area contributed by atoms with Crippen molar-refractivity contribution in [3.05, 3.63) is 59.3 Å². The van der Waals surface area contributed by atoms with Crippen LogP contribution in [0.5, 0.6) is 11.5 Å². The summed E-state index contributed by atoms with van der Waals surface area (Å²) in [6.07, 6.45) is 0.254. The van der Waals surface area contributed by atoms with Gasteiger partial charge in [0.25, 0.3) is 5.91 Å². The number of nitrogens with zero attached hydrogens (tertiary/aromatic N) is 3. The largest absolute Gasteiger partial charge is 0.493 e. The van der Waals surface area contributed by atoms with Crippen molar-refractivity contribution in [2.45, 2.75) is 19.3 Å². The number of methoxy groups -OCH3 is 1. The number of aromatic nitrogens is 4. The fraction of sp³-hybridized carbons (Fsp3) is 0.217. The first kappa shape index (κ1) is 20.6. The molecule has 0 fully saturated rings. The maximum absolute atomic E-state index is 12.7. The number of hydrogen-bond acceptors (Lipinski definition) is 6. The number of benzene rings is 2. The highest BCUT2D eigenvalue weighted by Gasteiger charge is 2.33. The summed E-state index contributed by atoms with van der Waals surface area (Å²) in [6.45, 7) is 1.65. The number of rotatable bonds is 6. The van der Waals surface area contributed by atoms with Crippen molar-refractivity contribution in [3.8, 4) is 17.4 Å². The summed E-state index contributed by atoms with van der Waals surface area (Å²) in [5.41, 5.74) is 9.41. The molecule has 1 aliphatic heterocycles. The molecule has 3 heterocycles. The maximum atomic E-state index is 12.7. The first-order chi connectivity index (χ1) is 15.9. The first-order valence-corrected chi connectivity index (χ1v) is 10.4. The molecule has 10 heteroatoms. The predicted molar refractivity (Wildman–Crippen MR) is 121 cm³/mol. The summed E-state index contributed by atoms with van der Waals surface area (Å²) >= 11 is 0. The van der Waals surface area contributed by atoms with Crippen molar-refractivity contribution in [2.24, 2.45) is 5.73 Å². The van der Waals surface area contributed by atoms with E-state index in [-0.39, 0.29) is 24.9 Å². The van der Waals surface area contributed by atoms with Crippen LogP contribution in [-0.2, 0) is 9.59 Å². The molecule has 0 spiro atoms. The number of fused-ring (bicyclic) bond motifs is 2. The third-order valence-corrected chi connectivity index (χ3v) is 5.64. The van der Waals surface area contributed by atoms with Crippen LogP contribution in [0.25, 0.3) is 17.0 Å². The second-order valence-corrected chi connectivity index (χ2v) is 7.81. The summed E-state index contributed by atoms with van der Waals surface area (Å²) < 4.78 is 12.5. The molecule has 0 saturated carbocycles. The number of H-pyrrole nitrogens is 1. The van der Waals surface area contributed by atoms with Crippen LogP contribution in [0.1, 0.15) is 29.2 Å². The third-order valence-electron chi connectivity index (χ3n) is 5.64. The van der Waals surface area contributed by atoms with E-state index in [4.69, 9.17) is 15.2 Å². The van der Waals surface area contributed by atoms with Gasteiger partial charge >= 0.3 is 0 Å². The minimum absolute atomic E-state index is 0.127. The van der Waals surface area contributed by atoms with Crippen LogP contribution in [0.2, 0.25) is 0 Å². The van der Waals surface area contributed by atoms with Crippen LogP contribution in [-0.4, -0.2) is 45.3 Å². The minimum atomic E-state index is -0.580. The Morgan fingerprint density at radius 2 is 2.06 bits per heavy atom. The number of carbonyl (C=O) groups is 2. The van der Waals surface area contributed by atoms with E-state index in [1.54, 1.807) is 16.8 Å². The number of aromatic amines is 1. The monoisotopic (exact) mass is 446 g/mol. The van der Waals surface area contributed by atoms with Gasteiger partial charge in [0.05, 0.1) is 23.8 Å². The number of aryl methyl sites for hydroxylation is 1. The van der Waals surface area contributed by atoms with E-state index in [0.717, 1.165) is 27.9 Å². The van der Waals surface area contributed by atoms with Crippen molar-refractivity contribution in [3.63, 3.8) is 0 Å². The van der Waals surface area contributed by atoms with Crippen LogP contribution < -0.4 is 20.5 Å². The highest BCUT2D eigenvalue weighted by atomic mass is 16.5. The zero-order valence-electron chi connectivity index (χ0n) is 18.1. The van der Waals surface area contributed by atoms with Gasteiger partial charge in [-0.3, -0.25) is 9.59 Å². The Kier molecular flexibility index (Phi) is 4.97. The Balaban J connectivity index is 1.57. The Bertz CT molecular complexity index is 1360. The van der Waals surface area contributed by atoms with E-state index < -0.39 is 5.91 Å². The molecular weight excluding hydrogens is 424 g/mol. The molecule has 0 radical (unpaired) electrons. The van der Waals surface area contributed by atoms with Gasteiger partial charge in [0.1, 0.15) is 5.82 Å². The third kappa shape index (κ3) is 3.65. The molecular formula is C23H22N6O4. The number of nitrogens with two attached hydrogens (primary N) is 1. The number of anilines is 1. The fourth-order valence-electron chi connectivity index (χ4n) is 4.19. The lowest BCUT2D eigenvalue weighted by atomic mass is 9.85. The number of carbonyl (C=O) groups excluding carboxylic acids is 2. The molecule has 4 N–H and O–H groups in total. The van der Waals surface area contributed by atoms with Gasteiger partial charge in [-0.2, -0.15) is 9.78 Å². The normalized spacial score (nSPS) is 15.2. The smallest absolute Gasteiger partial charge is 0.255 e. The summed E-state index contributed by atoms with van der Waals surface area (Å²) in [7, 11) is 1.51. The predicted octanol–water partition coefficient (Wildman–Crippen LogP) is 2.40. The van der Waals surface area contributed by atoms with Gasteiger partial charge in [0.15, 0.2) is 18.1 Å². The van der Waals surface area contributed by atoms with E-state index in [0.29, 0.717) is 23.3 Å². The van der Waals surface area contributed by atoms with E-state index in [2.05, 4.69) is 20.4 Å². The van der Waals surface area contributed by atoms with E-state index in [9.17, 15) is 9.59 Å². The second-order valence-electron chi connectivity index (χ2n) is 7.81. The summed E-state index contributed by atoms with van der Waals surface area (Å²) in [6, 6.07) is 13.1. The summed E-state index contributed by atoms with van der Waals surface area (Å²) in [4.78, 5) is 31.6. The highest BCUT2D eigenvalue weighted by molar-refractivity contribution is 5.95. The second kappa shape index (κ2) is 7.97. The quantitative estimate of drug-likeness (QED) is 0.416. The number of ether oxygens (including phenoxy) is 2. The molecule has 2 aromatic heterocycles. The number of imidazole rings is 1. The van der Waals surface area contributed by atoms with Gasteiger partial charge in [0.2, 0.25) is 11.9 Å². The maximum Gasteiger partial charge on any atom is 0.255 e. The zero-order valence-corrected chi connectivity index (χ0v) is 18.1. The molecule has 10 nitrogen and oxygen atoms in total. The average molecular weight is 446 g/mol. The summed E-state index contributed by atoms with van der Waals surface area (Å²) in [5, 5.41) is 7.64.